The van der Waals surface area contributed by atoms with E-state index < -0.39 is 10.0 Å². The van der Waals surface area contributed by atoms with Crippen molar-refractivity contribution in [1.29, 1.82) is 0 Å². The minimum absolute atomic E-state index is 0.166. The van der Waals surface area contributed by atoms with E-state index in [1.54, 1.807) is 6.20 Å². The van der Waals surface area contributed by atoms with Gasteiger partial charge in [-0.05, 0) is 93.2 Å². The quantitative estimate of drug-likeness (QED) is 0.163. The summed E-state index contributed by atoms with van der Waals surface area (Å²) in [5.41, 5.74) is 9.17. The third-order valence-electron chi connectivity index (χ3n) is 13.0. The van der Waals surface area contributed by atoms with Gasteiger partial charge in [-0.25, -0.2) is 12.7 Å². The summed E-state index contributed by atoms with van der Waals surface area (Å²) in [7, 11) is -3.13. The maximum atomic E-state index is 11.7. The average molecular weight is 1000 g/mol. The van der Waals surface area contributed by atoms with E-state index in [1.165, 1.54) is 17.0 Å². The number of halogens is 3. The molecule has 9 heterocycles. The maximum absolute atomic E-state index is 11.7. The van der Waals surface area contributed by atoms with Crippen LogP contribution in [0.4, 0.5) is 0 Å². The zero-order chi connectivity index (χ0) is 47.5. The van der Waals surface area contributed by atoms with E-state index in [-0.39, 0.29) is 6.04 Å². The van der Waals surface area contributed by atoms with E-state index in [2.05, 4.69) is 35.7 Å². The molecule has 69 heavy (non-hydrogen) atoms. The van der Waals surface area contributed by atoms with Crippen molar-refractivity contribution in [2.75, 3.05) is 45.6 Å². The summed E-state index contributed by atoms with van der Waals surface area (Å²) in [6, 6.07) is 30.1. The summed E-state index contributed by atoms with van der Waals surface area (Å²) in [6.07, 6.45) is 17.1. The van der Waals surface area contributed by atoms with Gasteiger partial charge < -0.3 is 10.1 Å². The number of hydrogen-bond donors (Lipinski definition) is 1. The van der Waals surface area contributed by atoms with Crippen LogP contribution >= 0.6 is 34.8 Å². The number of nitrogens with one attached hydrogen (secondary N) is 1. The van der Waals surface area contributed by atoms with E-state index in [1.807, 2.05) is 121 Å². The molecule has 354 valence electrons. The highest BCUT2D eigenvalue weighted by atomic mass is 35.5. The largest absolute Gasteiger partial charge is 0.379 e. The zero-order valence-corrected chi connectivity index (χ0v) is 41.0. The Morgan fingerprint density at radius 2 is 0.971 bits per heavy atom. The minimum atomic E-state index is -3.13. The molecule has 0 saturated carbocycles. The molecule has 0 spiro atoms. The standard InChI is InChI=1S/C18H19ClN4O2S.C17H17ClN4.C16H14ClN3O/c1-26(24,25)22-10-7-15(8-11-22)23-17-6-9-20-12-16(17)18(21-23)13-2-4-14(19)5-3-13;18-13-5-3-12(4-6-13)17-15-11-20-9-7-16(15)22(21-17)14-2-1-8-19-10-14;17-12-3-1-11(2-4-12)16-14-9-18-7-5-15(14)20(19-16)13-6-8-21-10-13/h2-6,9,12,15H,7-8,10-11H2,1H3;3-7,9,11,14,19H,1-2,8,10H2;1-5,7,9,13H,6,8,10H2/t;;13-/m..0/s1. The average Bonchev–Trinajstić information content (AvgIpc) is 4.21. The molecular formula is C51H50Cl3N11O3S. The number of ether oxygens (including phenoxy) is 1. The molecule has 3 aliphatic rings. The molecule has 3 fully saturated rings. The first-order chi connectivity index (χ1) is 33.6. The molecule has 0 bridgehead atoms. The van der Waals surface area contributed by atoms with E-state index in [9.17, 15) is 8.42 Å². The minimum Gasteiger partial charge on any atom is -0.379 e. The second kappa shape index (κ2) is 20.7. The Hall–Kier alpha value is -5.78. The topological polar surface area (TPSA) is 151 Å². The van der Waals surface area contributed by atoms with E-state index in [0.717, 1.165) is 129 Å². The molecule has 3 aliphatic heterocycles. The van der Waals surface area contributed by atoms with Crippen LogP contribution in [0.3, 0.4) is 0 Å². The lowest BCUT2D eigenvalue weighted by Crippen LogP contribution is -2.38. The maximum Gasteiger partial charge on any atom is 0.211 e. The van der Waals surface area contributed by atoms with Crippen LogP contribution in [0.1, 0.15) is 50.2 Å². The van der Waals surface area contributed by atoms with Crippen molar-refractivity contribution in [1.82, 2.24) is 53.9 Å². The number of rotatable bonds is 7. The molecule has 3 saturated heterocycles. The molecule has 1 N–H and O–H groups in total. The van der Waals surface area contributed by atoms with Gasteiger partial charge in [0.25, 0.3) is 0 Å². The number of piperidine rings is 2. The molecule has 0 aliphatic carbocycles. The third-order valence-corrected chi connectivity index (χ3v) is 15.0. The molecule has 14 nitrogen and oxygen atoms in total. The number of hydrogen-bond acceptors (Lipinski definition) is 10. The lowest BCUT2D eigenvalue weighted by Gasteiger charge is -2.30. The number of benzene rings is 3. The van der Waals surface area contributed by atoms with Crippen molar-refractivity contribution in [2.45, 2.75) is 50.2 Å². The Morgan fingerprint density at radius 3 is 1.35 bits per heavy atom. The van der Waals surface area contributed by atoms with Gasteiger partial charge in [0.15, 0.2) is 0 Å². The first-order valence-electron chi connectivity index (χ1n) is 23.1. The highest BCUT2D eigenvalue weighted by Gasteiger charge is 2.28. The van der Waals surface area contributed by atoms with Crippen LogP contribution in [0.15, 0.2) is 128 Å². The van der Waals surface area contributed by atoms with Crippen LogP contribution in [0.25, 0.3) is 66.5 Å². The van der Waals surface area contributed by atoms with Crippen LogP contribution in [-0.4, -0.2) is 103 Å². The summed E-state index contributed by atoms with van der Waals surface area (Å²) in [5, 5.41) is 23.3. The van der Waals surface area contributed by atoms with Crippen molar-refractivity contribution >= 4 is 77.5 Å². The number of fused-ring (bicyclic) bond motifs is 3. The molecule has 12 rings (SSSR count). The Kier molecular flexibility index (Phi) is 14.1. The Balaban J connectivity index is 0.000000121. The van der Waals surface area contributed by atoms with Gasteiger partial charge in [-0.1, -0.05) is 71.2 Å². The summed E-state index contributed by atoms with van der Waals surface area (Å²) < 4.78 is 36.8. The summed E-state index contributed by atoms with van der Waals surface area (Å²) in [6.45, 7) is 4.63. The van der Waals surface area contributed by atoms with Gasteiger partial charge in [-0.15, -0.1) is 0 Å². The Bertz CT molecular complexity index is 3310. The van der Waals surface area contributed by atoms with Gasteiger partial charge in [0.1, 0.15) is 17.1 Å². The van der Waals surface area contributed by atoms with Gasteiger partial charge in [0, 0.05) is 111 Å². The second-order valence-electron chi connectivity index (χ2n) is 17.5. The monoisotopic (exact) mass is 1000 g/mol. The summed E-state index contributed by atoms with van der Waals surface area (Å²) in [4.78, 5) is 12.8. The SMILES string of the molecule is CS(=O)(=O)N1CCC(n2nc(-c3ccc(Cl)cc3)c3cnccc32)CC1.Clc1ccc(-c2nn(C3CCCNC3)c3ccncc23)cc1.Clc1ccc(-c2nn([C@H]3CCOC3)c3ccncc23)cc1. The number of sulfonamides is 1. The lowest BCUT2D eigenvalue weighted by atomic mass is 10.1. The van der Waals surface area contributed by atoms with Gasteiger partial charge in [-0.2, -0.15) is 15.3 Å². The highest BCUT2D eigenvalue weighted by molar-refractivity contribution is 7.88. The van der Waals surface area contributed by atoms with Crippen LogP contribution < -0.4 is 5.32 Å². The molecule has 0 amide bonds. The Labute approximate surface area is 415 Å². The van der Waals surface area contributed by atoms with Gasteiger partial charge >= 0.3 is 0 Å². The molecule has 1 unspecified atom stereocenters. The van der Waals surface area contributed by atoms with Crippen LogP contribution in [0.5, 0.6) is 0 Å². The van der Waals surface area contributed by atoms with Crippen LogP contribution in [0.2, 0.25) is 15.1 Å². The van der Waals surface area contributed by atoms with E-state index in [0.29, 0.717) is 30.2 Å². The van der Waals surface area contributed by atoms with Gasteiger partial charge in [-0.3, -0.25) is 29.0 Å². The van der Waals surface area contributed by atoms with Gasteiger partial charge in [0.2, 0.25) is 10.0 Å². The molecule has 18 heteroatoms. The van der Waals surface area contributed by atoms with Crippen molar-refractivity contribution in [3.8, 4) is 33.8 Å². The predicted octanol–water partition coefficient (Wildman–Crippen LogP) is 10.7. The predicted molar refractivity (Wildman–Crippen MR) is 274 cm³/mol. The Morgan fingerprint density at radius 1 is 0.551 bits per heavy atom. The first-order valence-corrected chi connectivity index (χ1v) is 26.1. The molecule has 6 aromatic heterocycles. The molecule has 0 radical (unpaired) electrons. The third kappa shape index (κ3) is 10.3. The van der Waals surface area contributed by atoms with Crippen molar-refractivity contribution < 1.29 is 13.2 Å². The molecule has 3 aromatic carbocycles. The van der Waals surface area contributed by atoms with Crippen molar-refractivity contribution in [3.05, 3.63) is 143 Å². The lowest BCUT2D eigenvalue weighted by molar-refractivity contribution is 0.185. The molecule has 9 aromatic rings. The second-order valence-corrected chi connectivity index (χ2v) is 20.8. The normalized spacial score (nSPS) is 18.0. The molecular weight excluding hydrogens is 953 g/mol. The van der Waals surface area contributed by atoms with Crippen LogP contribution in [-0.2, 0) is 14.8 Å². The van der Waals surface area contributed by atoms with Crippen LogP contribution in [0, 0.1) is 0 Å². The van der Waals surface area contributed by atoms with Gasteiger partial charge in [0.05, 0.1) is 47.5 Å². The fourth-order valence-electron chi connectivity index (χ4n) is 9.43. The van der Waals surface area contributed by atoms with E-state index >= 15 is 0 Å². The zero-order valence-electron chi connectivity index (χ0n) is 37.9. The smallest absolute Gasteiger partial charge is 0.211 e. The fraction of sp³-hybridized carbons (Fsp3) is 0.294. The van der Waals surface area contributed by atoms with E-state index in [4.69, 9.17) is 54.8 Å². The highest BCUT2D eigenvalue weighted by Crippen LogP contribution is 2.35. The van der Waals surface area contributed by atoms with Crippen molar-refractivity contribution in [3.63, 3.8) is 0 Å². The first kappa shape index (κ1) is 46.9. The number of nitrogens with zero attached hydrogens (tertiary/aromatic N) is 10. The number of pyridine rings is 3. The number of aromatic nitrogens is 9. The summed E-state index contributed by atoms with van der Waals surface area (Å²) in [5.74, 6) is 0. The molecule has 2 atom stereocenters. The van der Waals surface area contributed by atoms with Crippen molar-refractivity contribution in [2.24, 2.45) is 0 Å². The fourth-order valence-corrected chi connectivity index (χ4v) is 10.7. The summed E-state index contributed by atoms with van der Waals surface area (Å²) >= 11 is 18.0.